The molecule has 0 unspecified atom stereocenters. The van der Waals surface area contributed by atoms with E-state index in [4.69, 9.17) is 4.74 Å². The van der Waals surface area contributed by atoms with E-state index in [1.165, 1.54) is 11.3 Å². The summed E-state index contributed by atoms with van der Waals surface area (Å²) in [6, 6.07) is 17.3. The second-order valence-corrected chi connectivity index (χ2v) is 7.62. The van der Waals surface area contributed by atoms with Crippen molar-refractivity contribution >= 4 is 22.2 Å². The number of aromatic amines is 1. The molecular weight excluding hydrogens is 412 g/mol. The predicted octanol–water partition coefficient (Wildman–Crippen LogP) is 3.79. The largest absolute Gasteiger partial charge is 0.497 e. The summed E-state index contributed by atoms with van der Waals surface area (Å²) in [6.07, 6.45) is 1.86. The van der Waals surface area contributed by atoms with E-state index in [2.05, 4.69) is 25.5 Å². The number of nitrogens with one attached hydrogen (secondary N) is 2. The van der Waals surface area contributed by atoms with E-state index < -0.39 is 0 Å². The molecule has 0 aliphatic carbocycles. The van der Waals surface area contributed by atoms with E-state index in [1.54, 1.807) is 16.9 Å². The number of hydrogen-bond donors (Lipinski definition) is 2. The van der Waals surface area contributed by atoms with Gasteiger partial charge in [0.15, 0.2) is 10.8 Å². The highest BCUT2D eigenvalue weighted by Crippen LogP contribution is 2.26. The van der Waals surface area contributed by atoms with Crippen LogP contribution in [0.2, 0.25) is 0 Å². The van der Waals surface area contributed by atoms with Crippen LogP contribution in [0.3, 0.4) is 0 Å². The van der Waals surface area contributed by atoms with E-state index >= 15 is 0 Å². The van der Waals surface area contributed by atoms with Crippen LogP contribution < -0.4 is 10.1 Å². The van der Waals surface area contributed by atoms with Crippen molar-refractivity contribution in [1.82, 2.24) is 29.9 Å². The van der Waals surface area contributed by atoms with E-state index in [0.717, 1.165) is 27.5 Å². The summed E-state index contributed by atoms with van der Waals surface area (Å²) in [5.74, 6) is 1.73. The van der Waals surface area contributed by atoms with Gasteiger partial charge in [0.25, 0.3) is 5.91 Å². The first-order chi connectivity index (χ1) is 15.2. The SMILES string of the molecule is COc1cccc(-c2cn3c(C(=O)NCc4nc(-c5ccccc5)n[nH]4)csc3n2)c1. The maximum absolute atomic E-state index is 12.8. The molecule has 0 atom stereocenters. The zero-order valence-corrected chi connectivity index (χ0v) is 17.4. The van der Waals surface area contributed by atoms with E-state index in [0.29, 0.717) is 17.3 Å². The number of methoxy groups -OCH3 is 1. The molecule has 0 aliphatic rings. The fourth-order valence-corrected chi connectivity index (χ4v) is 4.07. The summed E-state index contributed by atoms with van der Waals surface area (Å²) in [6.45, 7) is 0.243. The molecule has 3 aromatic heterocycles. The van der Waals surface area contributed by atoms with Gasteiger partial charge in [-0.1, -0.05) is 42.5 Å². The number of fused-ring (bicyclic) bond motifs is 1. The van der Waals surface area contributed by atoms with Gasteiger partial charge in [-0.15, -0.1) is 11.3 Å². The van der Waals surface area contributed by atoms with Crippen molar-refractivity contribution in [2.75, 3.05) is 7.11 Å². The van der Waals surface area contributed by atoms with Crippen LogP contribution in [0.5, 0.6) is 5.75 Å². The van der Waals surface area contributed by atoms with Gasteiger partial charge in [0.05, 0.1) is 19.3 Å². The molecule has 0 aliphatic heterocycles. The molecule has 9 heteroatoms. The molecule has 3 heterocycles. The van der Waals surface area contributed by atoms with Crippen molar-refractivity contribution in [3.8, 4) is 28.4 Å². The summed E-state index contributed by atoms with van der Waals surface area (Å²) in [7, 11) is 1.63. The summed E-state index contributed by atoms with van der Waals surface area (Å²) in [5, 5.41) is 11.8. The second kappa shape index (κ2) is 8.04. The first-order valence-corrected chi connectivity index (χ1v) is 10.4. The van der Waals surface area contributed by atoms with Gasteiger partial charge in [-0.2, -0.15) is 5.10 Å². The van der Waals surface area contributed by atoms with Gasteiger partial charge in [0, 0.05) is 22.7 Å². The molecule has 0 radical (unpaired) electrons. The third-order valence-electron chi connectivity index (χ3n) is 4.79. The number of imidazole rings is 1. The number of H-pyrrole nitrogens is 1. The molecule has 5 aromatic rings. The second-order valence-electron chi connectivity index (χ2n) is 6.79. The number of amides is 1. The van der Waals surface area contributed by atoms with Gasteiger partial charge in [-0.05, 0) is 12.1 Å². The molecule has 0 spiro atoms. The molecular formula is C22H18N6O2S. The summed E-state index contributed by atoms with van der Waals surface area (Å²) < 4.78 is 7.08. The van der Waals surface area contributed by atoms with Gasteiger partial charge in [-0.25, -0.2) is 9.97 Å². The number of ether oxygens (including phenoxy) is 1. The maximum atomic E-state index is 12.8. The van der Waals surface area contributed by atoms with Crippen molar-refractivity contribution < 1.29 is 9.53 Å². The first-order valence-electron chi connectivity index (χ1n) is 9.57. The van der Waals surface area contributed by atoms with Crippen LogP contribution in [0.1, 0.15) is 16.3 Å². The van der Waals surface area contributed by atoms with Crippen molar-refractivity contribution in [2.24, 2.45) is 0 Å². The highest BCUT2D eigenvalue weighted by atomic mass is 32.1. The van der Waals surface area contributed by atoms with Crippen molar-refractivity contribution in [1.29, 1.82) is 0 Å². The maximum Gasteiger partial charge on any atom is 0.269 e. The minimum atomic E-state index is -0.210. The third-order valence-corrected chi connectivity index (χ3v) is 5.63. The zero-order chi connectivity index (χ0) is 21.2. The van der Waals surface area contributed by atoms with Gasteiger partial charge in [-0.3, -0.25) is 14.3 Å². The number of hydrogen-bond acceptors (Lipinski definition) is 6. The Balaban J connectivity index is 1.32. The van der Waals surface area contributed by atoms with Crippen LogP contribution in [-0.2, 0) is 6.54 Å². The molecule has 0 fully saturated rings. The molecule has 31 heavy (non-hydrogen) atoms. The monoisotopic (exact) mass is 430 g/mol. The van der Waals surface area contributed by atoms with Gasteiger partial charge in [0.1, 0.15) is 17.3 Å². The van der Waals surface area contributed by atoms with Crippen LogP contribution in [0.4, 0.5) is 0 Å². The standard InChI is InChI=1S/C22H18N6O2S/c1-30-16-9-5-8-15(10-16)17-12-28-18(13-31-22(28)24-17)21(29)23-11-19-25-20(27-26-19)14-6-3-2-4-7-14/h2-10,12-13H,11H2,1H3,(H,23,29)(H,25,26,27). The quantitative estimate of drug-likeness (QED) is 0.427. The summed E-state index contributed by atoms with van der Waals surface area (Å²) >= 11 is 1.41. The van der Waals surface area contributed by atoms with Gasteiger partial charge < -0.3 is 10.1 Å². The summed E-state index contributed by atoms with van der Waals surface area (Å²) in [4.78, 5) is 22.6. The Morgan fingerprint density at radius 2 is 1.97 bits per heavy atom. The zero-order valence-electron chi connectivity index (χ0n) is 16.6. The van der Waals surface area contributed by atoms with Crippen LogP contribution in [0.15, 0.2) is 66.2 Å². The topological polar surface area (TPSA) is 97.2 Å². The molecule has 0 saturated carbocycles. The van der Waals surface area contributed by atoms with Crippen molar-refractivity contribution in [3.05, 3.63) is 77.7 Å². The normalized spacial score (nSPS) is 11.0. The number of rotatable bonds is 6. The number of thiazole rings is 1. The lowest BCUT2D eigenvalue weighted by atomic mass is 10.1. The van der Waals surface area contributed by atoms with Crippen molar-refractivity contribution in [3.63, 3.8) is 0 Å². The van der Waals surface area contributed by atoms with Crippen molar-refractivity contribution in [2.45, 2.75) is 6.54 Å². The first kappa shape index (κ1) is 19.0. The molecule has 5 rings (SSSR count). The van der Waals surface area contributed by atoms with Crippen LogP contribution >= 0.6 is 11.3 Å². The Labute approximate surface area is 181 Å². The number of carbonyl (C=O) groups is 1. The fourth-order valence-electron chi connectivity index (χ4n) is 3.21. The Hall–Kier alpha value is -3.98. The molecule has 2 aromatic carbocycles. The number of aromatic nitrogens is 5. The lowest BCUT2D eigenvalue weighted by Gasteiger charge is -2.02. The van der Waals surface area contributed by atoms with Crippen LogP contribution in [0, 0.1) is 0 Å². The molecule has 0 saturated heterocycles. The number of benzene rings is 2. The molecule has 8 nitrogen and oxygen atoms in total. The highest BCUT2D eigenvalue weighted by molar-refractivity contribution is 7.15. The van der Waals surface area contributed by atoms with Crippen LogP contribution in [0.25, 0.3) is 27.6 Å². The highest BCUT2D eigenvalue weighted by Gasteiger charge is 2.16. The Morgan fingerprint density at radius 1 is 1.13 bits per heavy atom. The summed E-state index contributed by atoms with van der Waals surface area (Å²) in [5.41, 5.74) is 3.14. The average Bonchev–Trinajstić information content (AvgIpc) is 3.54. The molecule has 154 valence electrons. The lowest BCUT2D eigenvalue weighted by molar-refractivity contribution is 0.0944. The predicted molar refractivity (Wildman–Crippen MR) is 118 cm³/mol. The van der Waals surface area contributed by atoms with Gasteiger partial charge in [0.2, 0.25) is 0 Å². The Morgan fingerprint density at radius 3 is 2.81 bits per heavy atom. The molecule has 1 amide bonds. The Kier molecular flexibility index (Phi) is 4.93. The van der Waals surface area contributed by atoms with E-state index in [9.17, 15) is 4.79 Å². The Bertz CT molecular complexity index is 1350. The molecule has 0 bridgehead atoms. The smallest absolute Gasteiger partial charge is 0.269 e. The minimum Gasteiger partial charge on any atom is -0.497 e. The number of nitrogens with zero attached hydrogens (tertiary/aromatic N) is 4. The molecule has 2 N–H and O–H groups in total. The van der Waals surface area contributed by atoms with E-state index in [-0.39, 0.29) is 12.5 Å². The average molecular weight is 430 g/mol. The third kappa shape index (κ3) is 3.78. The van der Waals surface area contributed by atoms with Gasteiger partial charge >= 0.3 is 0 Å². The lowest BCUT2D eigenvalue weighted by Crippen LogP contribution is -2.24. The van der Waals surface area contributed by atoms with Crippen LogP contribution in [-0.4, -0.2) is 37.6 Å². The number of carbonyl (C=O) groups excluding carboxylic acids is 1. The van der Waals surface area contributed by atoms with E-state index in [1.807, 2.05) is 60.8 Å². The fraction of sp³-hybridized carbons (Fsp3) is 0.0909. The minimum absolute atomic E-state index is 0.210.